The number of aromatic nitrogens is 3. The van der Waals surface area contributed by atoms with Crippen LogP contribution in [0.15, 0.2) is 29.2 Å². The molecule has 0 saturated carbocycles. The largest absolute Gasteiger partial charge is 0.357 e. The van der Waals surface area contributed by atoms with Crippen molar-refractivity contribution in [2.45, 2.75) is 6.42 Å². The molecule has 2 aromatic heterocycles. The Morgan fingerprint density at radius 2 is 2.25 bits per heavy atom. The second kappa shape index (κ2) is 6.44. The summed E-state index contributed by atoms with van der Waals surface area (Å²) in [5.74, 6) is -0.314. The molecule has 0 amide bonds. The summed E-state index contributed by atoms with van der Waals surface area (Å²) >= 11 is 0. The lowest BCUT2D eigenvalue weighted by molar-refractivity contribution is 0.0843. The number of carbonyl (C=O) groups excluding carboxylic acids is 1. The average Bonchev–Trinajstić information content (AvgIpc) is 2.77. The van der Waals surface area contributed by atoms with E-state index in [-0.39, 0.29) is 12.5 Å². The molecule has 0 aliphatic rings. The maximum absolute atomic E-state index is 12.1. The van der Waals surface area contributed by atoms with Crippen molar-refractivity contribution in [2.24, 2.45) is 0 Å². The molecular weight excluding hydrogens is 258 g/mol. The fourth-order valence-corrected chi connectivity index (χ4v) is 1.99. The minimum absolute atomic E-state index is 0.174. The van der Waals surface area contributed by atoms with Gasteiger partial charge in [-0.3, -0.25) is 9.69 Å². The molecule has 0 aliphatic heterocycles. The van der Waals surface area contributed by atoms with Crippen molar-refractivity contribution in [1.82, 2.24) is 24.4 Å². The Balaban J connectivity index is 2.08. The van der Waals surface area contributed by atoms with Gasteiger partial charge in [-0.2, -0.15) is 0 Å². The molecule has 108 valence electrons. The van der Waals surface area contributed by atoms with E-state index in [1.807, 2.05) is 19.0 Å². The Kier molecular flexibility index (Phi) is 4.65. The van der Waals surface area contributed by atoms with E-state index in [1.54, 1.807) is 24.4 Å². The molecule has 2 rings (SSSR count). The quantitative estimate of drug-likeness (QED) is 0.733. The van der Waals surface area contributed by atoms with Crippen molar-refractivity contribution in [2.75, 3.05) is 33.7 Å². The minimum Gasteiger partial charge on any atom is -0.320 e. The highest BCUT2D eigenvalue weighted by molar-refractivity contribution is 5.80. The van der Waals surface area contributed by atoms with Crippen molar-refractivity contribution in [3.8, 4) is 0 Å². The zero-order chi connectivity index (χ0) is 14.5. The van der Waals surface area contributed by atoms with Crippen LogP contribution < -0.4 is 11.0 Å². The molecular formula is C13H19N5O2. The molecule has 7 heteroatoms. The number of nitrogens with zero attached hydrogens (tertiary/aromatic N) is 4. The van der Waals surface area contributed by atoms with E-state index in [4.69, 9.17) is 0 Å². The summed E-state index contributed by atoms with van der Waals surface area (Å²) in [7, 11) is 3.75. The molecule has 0 spiro atoms. The first-order valence-electron chi connectivity index (χ1n) is 6.56. The lowest BCUT2D eigenvalue weighted by atomic mass is 10.4. The smallest absolute Gasteiger partial charge is 0.320 e. The van der Waals surface area contributed by atoms with Crippen LogP contribution in [0.5, 0.6) is 0 Å². The molecule has 0 saturated heterocycles. The van der Waals surface area contributed by atoms with Gasteiger partial charge in [-0.05, 0) is 45.7 Å². The summed E-state index contributed by atoms with van der Waals surface area (Å²) < 4.78 is 2.29. The van der Waals surface area contributed by atoms with E-state index in [0.717, 1.165) is 24.2 Å². The SMILES string of the molecule is CNCCCN(C)CC(=O)n1nc2ccccn2c1=O. The summed E-state index contributed by atoms with van der Waals surface area (Å²) in [5, 5.41) is 7.09. The Hall–Kier alpha value is -1.99. The van der Waals surface area contributed by atoms with Gasteiger partial charge in [0.25, 0.3) is 5.91 Å². The van der Waals surface area contributed by atoms with E-state index in [2.05, 4.69) is 10.4 Å². The highest BCUT2D eigenvalue weighted by atomic mass is 16.2. The molecule has 2 aromatic rings. The molecule has 1 N–H and O–H groups in total. The van der Waals surface area contributed by atoms with Crippen LogP contribution in [-0.4, -0.2) is 58.7 Å². The number of likely N-dealkylation sites (N-methyl/N-ethyl adjacent to an activating group) is 1. The third-order valence-corrected chi connectivity index (χ3v) is 3.04. The highest BCUT2D eigenvalue weighted by Crippen LogP contribution is 1.96. The van der Waals surface area contributed by atoms with Crippen LogP contribution >= 0.6 is 0 Å². The molecule has 20 heavy (non-hydrogen) atoms. The Morgan fingerprint density at radius 1 is 1.45 bits per heavy atom. The van der Waals surface area contributed by atoms with Crippen LogP contribution in [0, 0.1) is 0 Å². The van der Waals surface area contributed by atoms with Crippen molar-refractivity contribution in [3.63, 3.8) is 0 Å². The molecule has 0 fully saturated rings. The average molecular weight is 277 g/mol. The molecule has 0 unspecified atom stereocenters. The first-order chi connectivity index (χ1) is 9.63. The van der Waals surface area contributed by atoms with Gasteiger partial charge in [0.05, 0.1) is 6.54 Å². The van der Waals surface area contributed by atoms with Crippen LogP contribution in [-0.2, 0) is 0 Å². The van der Waals surface area contributed by atoms with Gasteiger partial charge in [0.2, 0.25) is 0 Å². The maximum Gasteiger partial charge on any atom is 0.357 e. The standard InChI is InChI=1S/C13H19N5O2/c1-14-7-5-8-16(2)10-12(19)18-13(20)17-9-4-3-6-11(17)15-18/h3-4,6,9,14H,5,7-8,10H2,1-2H3. The van der Waals surface area contributed by atoms with Gasteiger partial charge < -0.3 is 5.32 Å². The number of rotatable bonds is 6. The van der Waals surface area contributed by atoms with E-state index in [0.29, 0.717) is 5.65 Å². The molecule has 2 heterocycles. The van der Waals surface area contributed by atoms with Crippen LogP contribution in [0.2, 0.25) is 0 Å². The van der Waals surface area contributed by atoms with Crippen LogP contribution in [0.3, 0.4) is 0 Å². The zero-order valence-electron chi connectivity index (χ0n) is 11.7. The van der Waals surface area contributed by atoms with Crippen molar-refractivity contribution in [1.29, 1.82) is 0 Å². The van der Waals surface area contributed by atoms with Gasteiger partial charge in [0, 0.05) is 6.20 Å². The monoisotopic (exact) mass is 277 g/mol. The van der Waals surface area contributed by atoms with Crippen LogP contribution in [0.4, 0.5) is 0 Å². The van der Waals surface area contributed by atoms with Gasteiger partial charge in [0.15, 0.2) is 5.65 Å². The molecule has 7 nitrogen and oxygen atoms in total. The van der Waals surface area contributed by atoms with Gasteiger partial charge in [-0.1, -0.05) is 6.07 Å². The number of fused-ring (bicyclic) bond motifs is 1. The molecule has 0 atom stereocenters. The predicted molar refractivity (Wildman–Crippen MR) is 76.1 cm³/mol. The molecule has 0 bridgehead atoms. The summed E-state index contributed by atoms with van der Waals surface area (Å²) in [5.41, 5.74) is 0.0536. The third-order valence-electron chi connectivity index (χ3n) is 3.04. The number of nitrogens with one attached hydrogen (secondary N) is 1. The highest BCUT2D eigenvalue weighted by Gasteiger charge is 2.15. The summed E-state index contributed by atoms with van der Waals surface area (Å²) in [6, 6.07) is 5.21. The van der Waals surface area contributed by atoms with E-state index < -0.39 is 5.69 Å². The van der Waals surface area contributed by atoms with E-state index in [9.17, 15) is 9.59 Å². The number of pyridine rings is 1. The number of carbonyl (C=O) groups is 1. The Labute approximate surface area is 116 Å². The van der Waals surface area contributed by atoms with Gasteiger partial charge >= 0.3 is 5.69 Å². The lowest BCUT2D eigenvalue weighted by Crippen LogP contribution is -2.36. The summed E-state index contributed by atoms with van der Waals surface area (Å²) in [4.78, 5) is 26.0. The van der Waals surface area contributed by atoms with E-state index in [1.165, 1.54) is 4.40 Å². The number of hydrogen-bond acceptors (Lipinski definition) is 5. The van der Waals surface area contributed by atoms with Crippen LogP contribution in [0.1, 0.15) is 11.2 Å². The zero-order valence-corrected chi connectivity index (χ0v) is 11.7. The first-order valence-corrected chi connectivity index (χ1v) is 6.56. The third kappa shape index (κ3) is 3.12. The van der Waals surface area contributed by atoms with Crippen molar-refractivity contribution >= 4 is 11.6 Å². The predicted octanol–water partition coefficient (Wildman–Crippen LogP) is -0.322. The van der Waals surface area contributed by atoms with Gasteiger partial charge in [-0.15, -0.1) is 9.78 Å². The van der Waals surface area contributed by atoms with Crippen molar-refractivity contribution < 1.29 is 4.79 Å². The number of hydrogen-bond donors (Lipinski definition) is 1. The normalized spacial score (nSPS) is 11.3. The van der Waals surface area contributed by atoms with Crippen molar-refractivity contribution in [3.05, 3.63) is 34.9 Å². The molecule has 0 aliphatic carbocycles. The summed E-state index contributed by atoms with van der Waals surface area (Å²) in [6.45, 7) is 1.86. The fraction of sp³-hybridized carbons (Fsp3) is 0.462. The minimum atomic E-state index is -0.422. The Morgan fingerprint density at radius 3 is 2.95 bits per heavy atom. The van der Waals surface area contributed by atoms with E-state index >= 15 is 0 Å². The second-order valence-corrected chi connectivity index (χ2v) is 4.71. The van der Waals surface area contributed by atoms with Gasteiger partial charge in [-0.25, -0.2) is 9.20 Å². The van der Waals surface area contributed by atoms with Crippen LogP contribution in [0.25, 0.3) is 5.65 Å². The Bertz CT molecular complexity index is 645. The maximum atomic E-state index is 12.1. The summed E-state index contributed by atoms with van der Waals surface area (Å²) in [6.07, 6.45) is 2.55. The van der Waals surface area contributed by atoms with Gasteiger partial charge in [0.1, 0.15) is 0 Å². The fourth-order valence-electron chi connectivity index (χ4n) is 1.99. The molecule has 0 aromatic carbocycles. The topological polar surface area (TPSA) is 71.6 Å². The second-order valence-electron chi connectivity index (χ2n) is 4.71. The lowest BCUT2D eigenvalue weighted by Gasteiger charge is -2.14. The first kappa shape index (κ1) is 14.4. The molecule has 0 radical (unpaired) electrons.